The van der Waals surface area contributed by atoms with Gasteiger partial charge in [-0.3, -0.25) is 0 Å². The van der Waals surface area contributed by atoms with Crippen molar-refractivity contribution in [3.63, 3.8) is 0 Å². The Labute approximate surface area is 113 Å². The topological polar surface area (TPSA) is 0 Å². The van der Waals surface area contributed by atoms with E-state index in [4.69, 9.17) is 0 Å². The van der Waals surface area contributed by atoms with Gasteiger partial charge in [0.1, 0.15) is 0 Å². The first kappa shape index (κ1) is 15.0. The molecule has 0 N–H and O–H groups in total. The van der Waals surface area contributed by atoms with Crippen LogP contribution >= 0.6 is 0 Å². The van der Waals surface area contributed by atoms with Crippen molar-refractivity contribution in [3.8, 4) is 0 Å². The highest BCUT2D eigenvalue weighted by atomic mass is 14.1. The SMILES string of the molecule is C=C(CCCC)c1ccccc1CCCCCC. The molecule has 0 amide bonds. The normalized spacial score (nSPS) is 10.6. The second-order valence-corrected chi connectivity index (χ2v) is 5.17. The molecule has 0 unspecified atom stereocenters. The Morgan fingerprint density at radius 2 is 1.67 bits per heavy atom. The van der Waals surface area contributed by atoms with Gasteiger partial charge in [-0.05, 0) is 42.4 Å². The van der Waals surface area contributed by atoms with Gasteiger partial charge in [-0.2, -0.15) is 0 Å². The van der Waals surface area contributed by atoms with E-state index in [2.05, 4.69) is 44.7 Å². The molecule has 1 aromatic carbocycles. The minimum Gasteiger partial charge on any atom is -0.0952 e. The highest BCUT2D eigenvalue weighted by Crippen LogP contribution is 2.24. The summed E-state index contributed by atoms with van der Waals surface area (Å²) in [6.07, 6.45) is 10.2. The summed E-state index contributed by atoms with van der Waals surface area (Å²) >= 11 is 0. The zero-order valence-electron chi connectivity index (χ0n) is 12.2. The minimum absolute atomic E-state index is 1.14. The summed E-state index contributed by atoms with van der Waals surface area (Å²) in [4.78, 5) is 0. The first-order valence-corrected chi connectivity index (χ1v) is 7.55. The molecule has 0 radical (unpaired) electrons. The van der Waals surface area contributed by atoms with Crippen LogP contribution in [0.1, 0.15) is 69.9 Å². The van der Waals surface area contributed by atoms with Crippen LogP contribution in [0, 0.1) is 0 Å². The van der Waals surface area contributed by atoms with Crippen LogP contribution in [0.15, 0.2) is 30.8 Å². The number of hydrogen-bond donors (Lipinski definition) is 0. The summed E-state index contributed by atoms with van der Waals surface area (Å²) in [7, 11) is 0. The molecular formula is C18H28. The maximum absolute atomic E-state index is 4.27. The van der Waals surface area contributed by atoms with E-state index in [9.17, 15) is 0 Å². The molecular weight excluding hydrogens is 216 g/mol. The van der Waals surface area contributed by atoms with Gasteiger partial charge in [-0.1, -0.05) is 70.4 Å². The molecule has 18 heavy (non-hydrogen) atoms. The van der Waals surface area contributed by atoms with E-state index in [0.29, 0.717) is 0 Å². The third-order valence-electron chi connectivity index (χ3n) is 3.53. The highest BCUT2D eigenvalue weighted by molar-refractivity contribution is 5.66. The quantitative estimate of drug-likeness (QED) is 0.466. The maximum Gasteiger partial charge on any atom is -0.0198 e. The lowest BCUT2D eigenvalue weighted by Crippen LogP contribution is -1.94. The lowest BCUT2D eigenvalue weighted by atomic mass is 9.94. The van der Waals surface area contributed by atoms with Gasteiger partial charge in [0.05, 0.1) is 0 Å². The van der Waals surface area contributed by atoms with Crippen molar-refractivity contribution in [1.29, 1.82) is 0 Å². The van der Waals surface area contributed by atoms with E-state index in [-0.39, 0.29) is 0 Å². The van der Waals surface area contributed by atoms with E-state index in [1.807, 2.05) is 0 Å². The molecule has 1 rings (SSSR count). The van der Waals surface area contributed by atoms with Crippen LogP contribution in [-0.2, 0) is 6.42 Å². The smallest absolute Gasteiger partial charge is 0.0198 e. The third-order valence-corrected chi connectivity index (χ3v) is 3.53. The Kier molecular flexibility index (Phi) is 7.48. The second-order valence-electron chi connectivity index (χ2n) is 5.17. The van der Waals surface area contributed by atoms with Gasteiger partial charge >= 0.3 is 0 Å². The Balaban J connectivity index is 2.58. The average molecular weight is 244 g/mol. The van der Waals surface area contributed by atoms with Crippen molar-refractivity contribution in [1.82, 2.24) is 0 Å². The Morgan fingerprint density at radius 1 is 0.944 bits per heavy atom. The number of rotatable bonds is 9. The van der Waals surface area contributed by atoms with Gasteiger partial charge in [-0.15, -0.1) is 0 Å². The molecule has 100 valence electrons. The third kappa shape index (κ3) is 5.08. The van der Waals surface area contributed by atoms with Crippen molar-refractivity contribution in [2.75, 3.05) is 0 Å². The largest absolute Gasteiger partial charge is 0.0952 e. The molecule has 0 spiro atoms. The van der Waals surface area contributed by atoms with E-state index in [1.54, 1.807) is 0 Å². The van der Waals surface area contributed by atoms with Crippen molar-refractivity contribution >= 4 is 5.57 Å². The highest BCUT2D eigenvalue weighted by Gasteiger charge is 2.04. The Morgan fingerprint density at radius 3 is 2.39 bits per heavy atom. The van der Waals surface area contributed by atoms with Crippen LogP contribution in [-0.4, -0.2) is 0 Å². The predicted molar refractivity (Wildman–Crippen MR) is 82.8 cm³/mol. The monoisotopic (exact) mass is 244 g/mol. The molecule has 0 nitrogen and oxygen atoms in total. The van der Waals surface area contributed by atoms with Crippen molar-refractivity contribution in [3.05, 3.63) is 42.0 Å². The van der Waals surface area contributed by atoms with Crippen molar-refractivity contribution in [2.24, 2.45) is 0 Å². The molecule has 0 bridgehead atoms. The molecule has 0 heteroatoms. The van der Waals surface area contributed by atoms with Crippen LogP contribution in [0.2, 0.25) is 0 Å². The summed E-state index contributed by atoms with van der Waals surface area (Å²) in [5.74, 6) is 0. The molecule has 0 heterocycles. The molecule has 0 aromatic heterocycles. The van der Waals surface area contributed by atoms with Gasteiger partial charge in [0.2, 0.25) is 0 Å². The van der Waals surface area contributed by atoms with Crippen LogP contribution in [0.25, 0.3) is 5.57 Å². The Bertz CT molecular complexity index is 349. The fourth-order valence-corrected chi connectivity index (χ4v) is 2.35. The lowest BCUT2D eigenvalue weighted by Gasteiger charge is -2.11. The molecule has 0 atom stereocenters. The van der Waals surface area contributed by atoms with Gasteiger partial charge < -0.3 is 0 Å². The number of allylic oxidation sites excluding steroid dienone is 1. The molecule has 0 saturated carbocycles. The first-order valence-electron chi connectivity index (χ1n) is 7.55. The van der Waals surface area contributed by atoms with Crippen LogP contribution in [0.4, 0.5) is 0 Å². The number of aryl methyl sites for hydroxylation is 1. The zero-order valence-corrected chi connectivity index (χ0v) is 12.2. The van der Waals surface area contributed by atoms with Crippen LogP contribution in [0.5, 0.6) is 0 Å². The molecule has 0 saturated heterocycles. The van der Waals surface area contributed by atoms with Gasteiger partial charge in [-0.25, -0.2) is 0 Å². The molecule has 0 aliphatic rings. The van der Waals surface area contributed by atoms with Crippen LogP contribution in [0.3, 0.4) is 0 Å². The Hall–Kier alpha value is -1.04. The summed E-state index contributed by atoms with van der Waals surface area (Å²) in [6.45, 7) is 8.77. The average Bonchev–Trinajstić information content (AvgIpc) is 2.41. The zero-order chi connectivity index (χ0) is 13.2. The fraction of sp³-hybridized carbons (Fsp3) is 0.556. The van der Waals surface area contributed by atoms with Crippen LogP contribution < -0.4 is 0 Å². The minimum atomic E-state index is 1.14. The number of unbranched alkanes of at least 4 members (excludes halogenated alkanes) is 4. The second kappa shape index (κ2) is 8.97. The van der Waals surface area contributed by atoms with Crippen molar-refractivity contribution in [2.45, 2.75) is 65.2 Å². The predicted octanol–water partition coefficient (Wildman–Crippen LogP) is 6.01. The van der Waals surface area contributed by atoms with Gasteiger partial charge in [0, 0.05) is 0 Å². The molecule has 0 aliphatic carbocycles. The molecule has 1 aromatic rings. The number of benzene rings is 1. The molecule has 0 fully saturated rings. The first-order chi connectivity index (χ1) is 8.79. The molecule has 0 aliphatic heterocycles. The van der Waals surface area contributed by atoms with E-state index in [0.717, 1.165) is 6.42 Å². The van der Waals surface area contributed by atoms with E-state index < -0.39 is 0 Å². The van der Waals surface area contributed by atoms with E-state index in [1.165, 1.54) is 61.6 Å². The summed E-state index contributed by atoms with van der Waals surface area (Å²) < 4.78 is 0. The maximum atomic E-state index is 4.27. The van der Waals surface area contributed by atoms with Gasteiger partial charge in [0.25, 0.3) is 0 Å². The summed E-state index contributed by atoms with van der Waals surface area (Å²) in [6, 6.07) is 8.82. The summed E-state index contributed by atoms with van der Waals surface area (Å²) in [5.41, 5.74) is 4.22. The van der Waals surface area contributed by atoms with E-state index >= 15 is 0 Å². The standard InChI is InChI=1S/C18H28/c1-4-6-8-9-13-17-14-10-11-15-18(17)16(3)12-7-5-2/h10-11,14-15H,3-9,12-13H2,1-2H3. The van der Waals surface area contributed by atoms with Gasteiger partial charge in [0.15, 0.2) is 0 Å². The lowest BCUT2D eigenvalue weighted by molar-refractivity contribution is 0.666. The fourth-order valence-electron chi connectivity index (χ4n) is 2.35. The van der Waals surface area contributed by atoms with Crippen molar-refractivity contribution < 1.29 is 0 Å². The number of hydrogen-bond acceptors (Lipinski definition) is 0. The summed E-state index contributed by atoms with van der Waals surface area (Å²) in [5, 5.41) is 0.